The number of carbonyl (C=O) groups excluding carboxylic acids is 2. The fourth-order valence-corrected chi connectivity index (χ4v) is 9.80. The molecule has 11 nitrogen and oxygen atoms in total. The summed E-state index contributed by atoms with van der Waals surface area (Å²) in [4.78, 5) is 38.7. The number of ether oxygens (including phenoxy) is 2. The monoisotopic (exact) mass is 881 g/mol. The van der Waals surface area contributed by atoms with E-state index in [0.717, 1.165) is 97.5 Å². The second kappa shape index (κ2) is 18.9. The van der Waals surface area contributed by atoms with Crippen LogP contribution in [0.5, 0.6) is 5.75 Å². The van der Waals surface area contributed by atoms with Crippen molar-refractivity contribution in [3.05, 3.63) is 171 Å². The number of morpholine rings is 1. The van der Waals surface area contributed by atoms with E-state index in [1.807, 2.05) is 96.6 Å². The number of para-hydroxylation sites is 1. The topological polar surface area (TPSA) is 99.2 Å². The van der Waals surface area contributed by atoms with Crippen molar-refractivity contribution in [1.29, 1.82) is 5.26 Å². The molecule has 1 atom stereocenters. The smallest absolute Gasteiger partial charge is 0.264 e. The molecule has 0 aliphatic carbocycles. The molecule has 5 heterocycles. The molecule has 11 heteroatoms. The van der Waals surface area contributed by atoms with Gasteiger partial charge in [0.05, 0.1) is 24.5 Å². The van der Waals surface area contributed by atoms with Crippen molar-refractivity contribution in [2.24, 2.45) is 14.1 Å². The van der Waals surface area contributed by atoms with Crippen LogP contribution < -0.4 is 9.64 Å². The van der Waals surface area contributed by atoms with Crippen LogP contribution in [0.2, 0.25) is 0 Å². The van der Waals surface area contributed by atoms with Gasteiger partial charge in [-0.2, -0.15) is 5.26 Å². The van der Waals surface area contributed by atoms with Gasteiger partial charge in [-0.3, -0.25) is 19.4 Å². The number of benzene rings is 4. The maximum absolute atomic E-state index is 15.2. The van der Waals surface area contributed by atoms with E-state index >= 15 is 9.59 Å². The van der Waals surface area contributed by atoms with Gasteiger partial charge in [-0.15, -0.1) is 0 Å². The Hall–Kier alpha value is -6.87. The third-order valence-electron chi connectivity index (χ3n) is 14.0. The first-order valence-corrected chi connectivity index (χ1v) is 23.1. The maximum atomic E-state index is 15.2. The molecule has 2 amide bonds. The zero-order chi connectivity index (χ0) is 46.1. The minimum absolute atomic E-state index is 0.00625. The molecule has 0 N–H and O–H groups in total. The summed E-state index contributed by atoms with van der Waals surface area (Å²) in [5.74, 6) is 0.619. The molecule has 1 unspecified atom stereocenters. The molecule has 0 saturated carbocycles. The average molecular weight is 882 g/mol. The molecule has 66 heavy (non-hydrogen) atoms. The summed E-state index contributed by atoms with van der Waals surface area (Å²) >= 11 is 0. The van der Waals surface area contributed by atoms with E-state index in [9.17, 15) is 5.26 Å². The number of allylic oxidation sites excluding steroid dienone is 1. The third kappa shape index (κ3) is 8.79. The van der Waals surface area contributed by atoms with Crippen LogP contribution in [0, 0.1) is 25.2 Å². The molecule has 338 valence electrons. The van der Waals surface area contributed by atoms with E-state index in [2.05, 4.69) is 71.8 Å². The quantitative estimate of drug-likeness (QED) is 0.121. The van der Waals surface area contributed by atoms with Crippen LogP contribution in [0.15, 0.2) is 115 Å². The molecule has 6 aromatic rings. The van der Waals surface area contributed by atoms with Gasteiger partial charge in [-0.1, -0.05) is 61.2 Å². The Morgan fingerprint density at radius 3 is 2.27 bits per heavy atom. The summed E-state index contributed by atoms with van der Waals surface area (Å²) in [6.45, 7) is 17.5. The van der Waals surface area contributed by atoms with E-state index in [1.165, 1.54) is 16.7 Å². The van der Waals surface area contributed by atoms with Gasteiger partial charge in [0, 0.05) is 105 Å². The van der Waals surface area contributed by atoms with Crippen LogP contribution in [0.3, 0.4) is 0 Å². The molecule has 4 aromatic carbocycles. The predicted octanol–water partition coefficient (Wildman–Crippen LogP) is 8.91. The summed E-state index contributed by atoms with van der Waals surface area (Å²) in [6, 6.07) is 36.6. The minimum atomic E-state index is -0.217. The fourth-order valence-electron chi connectivity index (χ4n) is 9.80. The summed E-state index contributed by atoms with van der Waals surface area (Å²) < 4.78 is 15.4. The molecule has 1 fully saturated rings. The summed E-state index contributed by atoms with van der Waals surface area (Å²) in [6.07, 6.45) is 2.27. The second-order valence-electron chi connectivity index (χ2n) is 18.0. The van der Waals surface area contributed by atoms with Gasteiger partial charge in [-0.05, 0) is 110 Å². The first kappa shape index (κ1) is 44.3. The number of nitrogens with zero attached hydrogens (tertiary/aromatic N) is 7. The second-order valence-corrected chi connectivity index (χ2v) is 18.0. The first-order valence-electron chi connectivity index (χ1n) is 23.1. The van der Waals surface area contributed by atoms with E-state index in [4.69, 9.17) is 9.47 Å². The average Bonchev–Trinajstić information content (AvgIpc) is 3.80. The molecule has 0 radical (unpaired) electrons. The van der Waals surface area contributed by atoms with Gasteiger partial charge in [0.2, 0.25) is 0 Å². The number of amides is 2. The predicted molar refractivity (Wildman–Crippen MR) is 259 cm³/mol. The summed E-state index contributed by atoms with van der Waals surface area (Å²) in [5.41, 5.74) is 13.0. The van der Waals surface area contributed by atoms with Crippen LogP contribution in [-0.2, 0) is 51.2 Å². The molecule has 3 aliphatic rings. The Labute approximate surface area is 388 Å². The number of aromatic nitrogens is 2. The van der Waals surface area contributed by atoms with Crippen LogP contribution in [0.4, 0.5) is 11.4 Å². The summed E-state index contributed by atoms with van der Waals surface area (Å²) in [7, 11) is 3.81. The van der Waals surface area contributed by atoms with Crippen LogP contribution in [-0.4, -0.2) is 87.7 Å². The Morgan fingerprint density at radius 2 is 1.55 bits per heavy atom. The van der Waals surface area contributed by atoms with Crippen molar-refractivity contribution in [3.8, 4) is 23.1 Å². The third-order valence-corrected chi connectivity index (χ3v) is 14.0. The molecular weight excluding hydrogens is 823 g/mol. The number of carbonyl (C=O) groups is 2. The van der Waals surface area contributed by atoms with Crippen molar-refractivity contribution in [2.45, 2.75) is 59.2 Å². The zero-order valence-corrected chi connectivity index (χ0v) is 38.8. The summed E-state index contributed by atoms with van der Waals surface area (Å²) in [5, 5.41) is 9.93. The van der Waals surface area contributed by atoms with Crippen molar-refractivity contribution >= 4 is 23.2 Å². The highest BCUT2D eigenvalue weighted by Gasteiger charge is 2.33. The highest BCUT2D eigenvalue weighted by molar-refractivity contribution is 6.13. The van der Waals surface area contributed by atoms with Crippen molar-refractivity contribution in [3.63, 3.8) is 0 Å². The Balaban J connectivity index is 1.02. The van der Waals surface area contributed by atoms with Gasteiger partial charge in [-0.25, -0.2) is 0 Å². The van der Waals surface area contributed by atoms with Crippen LogP contribution in [0.25, 0.3) is 11.3 Å². The highest BCUT2D eigenvalue weighted by atomic mass is 16.5. The number of hydrogen-bond acceptors (Lipinski definition) is 7. The Bertz CT molecular complexity index is 2830. The largest absolute Gasteiger partial charge is 0.492 e. The fraction of sp³-hybridized carbons (Fsp3) is 0.327. The minimum Gasteiger partial charge on any atom is -0.492 e. The van der Waals surface area contributed by atoms with Gasteiger partial charge in [0.15, 0.2) is 0 Å². The van der Waals surface area contributed by atoms with Crippen molar-refractivity contribution in [2.75, 3.05) is 50.9 Å². The lowest BCUT2D eigenvalue weighted by atomic mass is 9.89. The molecule has 2 aromatic heterocycles. The van der Waals surface area contributed by atoms with Crippen molar-refractivity contribution < 1.29 is 19.1 Å². The van der Waals surface area contributed by atoms with Gasteiger partial charge in [0.1, 0.15) is 24.1 Å². The molecule has 3 aliphatic heterocycles. The van der Waals surface area contributed by atoms with Crippen LogP contribution >= 0.6 is 0 Å². The van der Waals surface area contributed by atoms with E-state index in [0.29, 0.717) is 54.3 Å². The van der Waals surface area contributed by atoms with E-state index < -0.39 is 0 Å². The first-order chi connectivity index (χ1) is 32.0. The SMILES string of the molecule is C=C(Cc1ccc(OCCN2CCOCC2)cc1)N1CCc2cc(-c3cc(C(=O)N(c4ccccc4)c4cc(C#N)n(C)c4C)c(C)n3C)c(C(=O)N3Cc4ccccc4CC3C)cc2C1. The lowest BCUT2D eigenvalue weighted by Gasteiger charge is -2.36. The van der Waals surface area contributed by atoms with Crippen molar-refractivity contribution in [1.82, 2.24) is 23.8 Å². The van der Waals surface area contributed by atoms with Gasteiger partial charge < -0.3 is 28.4 Å². The van der Waals surface area contributed by atoms with Gasteiger partial charge in [0.25, 0.3) is 11.8 Å². The number of anilines is 2. The van der Waals surface area contributed by atoms with Gasteiger partial charge >= 0.3 is 0 Å². The number of fused-ring (bicyclic) bond motifs is 2. The zero-order valence-electron chi connectivity index (χ0n) is 38.8. The molecular formula is C55H59N7O4. The number of rotatable bonds is 12. The van der Waals surface area contributed by atoms with E-state index in [1.54, 1.807) is 11.0 Å². The number of nitriles is 1. The van der Waals surface area contributed by atoms with E-state index in [-0.39, 0.29) is 17.9 Å². The molecule has 9 rings (SSSR count). The normalized spacial score (nSPS) is 16.0. The lowest BCUT2D eigenvalue weighted by Crippen LogP contribution is -2.43. The Kier molecular flexibility index (Phi) is 12.7. The highest BCUT2D eigenvalue weighted by Crippen LogP contribution is 2.38. The van der Waals surface area contributed by atoms with Crippen LogP contribution in [0.1, 0.15) is 72.5 Å². The Morgan fingerprint density at radius 1 is 0.818 bits per heavy atom. The number of hydrogen-bond donors (Lipinski definition) is 0. The standard InChI is InChI=1S/C55H59N7O4/c1-37(28-41-16-18-48(19-17-41)66-27-24-59-22-25-65-26-23-59)60-21-20-43-30-50(51(31-45(43)35-60)54(63)61-36-44-13-11-10-12-42(44)29-38(61)2)53-33-49(39(3)58(53)6)55(64)62(46-14-8-7-9-15-46)52-32-47(34-56)57(5)40(52)4/h7-19,30-33,38H,1,20-29,35-36H2,2-6H3. The molecule has 0 spiro atoms. The molecule has 0 bridgehead atoms. The maximum Gasteiger partial charge on any atom is 0.264 e. The lowest BCUT2D eigenvalue weighted by molar-refractivity contribution is 0.0322. The molecule has 1 saturated heterocycles.